The highest BCUT2D eigenvalue weighted by Gasteiger charge is 2.30. The first-order valence-electron chi connectivity index (χ1n) is 8.87. The zero-order valence-corrected chi connectivity index (χ0v) is 18.4. The first-order valence-corrected chi connectivity index (χ1v) is 11.7. The number of hydrogen-bond acceptors (Lipinski definition) is 4. The van der Waals surface area contributed by atoms with E-state index in [9.17, 15) is 13.2 Å². The van der Waals surface area contributed by atoms with E-state index in [2.05, 4.69) is 0 Å². The third-order valence-corrected chi connectivity index (χ3v) is 7.24. The van der Waals surface area contributed by atoms with E-state index in [1.54, 1.807) is 60.7 Å². The van der Waals surface area contributed by atoms with E-state index in [1.807, 2.05) is 13.8 Å². The van der Waals surface area contributed by atoms with Gasteiger partial charge in [-0.25, -0.2) is 12.7 Å². The Hall–Kier alpha value is -2.28. The molecule has 0 atom stereocenters. The van der Waals surface area contributed by atoms with E-state index < -0.39 is 15.9 Å². The summed E-state index contributed by atoms with van der Waals surface area (Å²) in [7, 11) is -4.04. The third-order valence-electron chi connectivity index (χ3n) is 4.23. The van der Waals surface area contributed by atoms with Crippen LogP contribution in [0.1, 0.15) is 11.1 Å². The molecule has 0 fully saturated rings. The molecule has 0 aliphatic rings. The van der Waals surface area contributed by atoms with Crippen molar-refractivity contribution in [3.63, 3.8) is 0 Å². The fraction of sp³-hybridized carbons (Fsp3) is 0.136. The van der Waals surface area contributed by atoms with Gasteiger partial charge in [-0.15, -0.1) is 11.8 Å². The number of hydrogen-bond donors (Lipinski definition) is 0. The van der Waals surface area contributed by atoms with Crippen molar-refractivity contribution in [1.82, 2.24) is 0 Å². The van der Waals surface area contributed by atoms with Crippen LogP contribution in [0.15, 0.2) is 82.6 Å². The molecule has 0 saturated heterocycles. The zero-order chi connectivity index (χ0) is 21.0. The lowest BCUT2D eigenvalue weighted by Gasteiger charge is -2.23. The van der Waals surface area contributed by atoms with Crippen LogP contribution in [0.3, 0.4) is 0 Å². The van der Waals surface area contributed by atoms with Crippen LogP contribution in [0.25, 0.3) is 0 Å². The van der Waals surface area contributed by atoms with Crippen molar-refractivity contribution in [2.75, 3.05) is 10.1 Å². The summed E-state index contributed by atoms with van der Waals surface area (Å²) >= 11 is 7.16. The van der Waals surface area contributed by atoms with Crippen molar-refractivity contribution in [2.24, 2.45) is 0 Å². The Labute approximate surface area is 180 Å². The summed E-state index contributed by atoms with van der Waals surface area (Å²) < 4.78 is 27.5. The van der Waals surface area contributed by atoms with Crippen molar-refractivity contribution in [2.45, 2.75) is 23.6 Å². The SMILES string of the molecule is Cc1ccc(N(C(=O)CSc2ccc(Cl)cc2)S(=O)(=O)c2ccc(C)cc2)cc1. The molecule has 0 radical (unpaired) electrons. The van der Waals surface area contributed by atoms with Gasteiger partial charge in [0.05, 0.1) is 16.3 Å². The lowest BCUT2D eigenvalue weighted by molar-refractivity contribution is -0.115. The van der Waals surface area contributed by atoms with E-state index in [1.165, 1.54) is 23.9 Å². The first kappa shape index (κ1) is 21.4. The molecular weight excluding hydrogens is 426 g/mol. The first-order chi connectivity index (χ1) is 13.8. The summed E-state index contributed by atoms with van der Waals surface area (Å²) in [5, 5.41) is 0.601. The lowest BCUT2D eigenvalue weighted by atomic mass is 10.2. The lowest BCUT2D eigenvalue weighted by Crippen LogP contribution is -2.38. The Morgan fingerprint density at radius 1 is 0.862 bits per heavy atom. The smallest absolute Gasteiger partial charge is 0.270 e. The molecule has 0 spiro atoms. The summed E-state index contributed by atoms with van der Waals surface area (Å²) in [6, 6.07) is 20.4. The molecule has 3 aromatic rings. The number of carbonyl (C=O) groups is 1. The molecule has 0 unspecified atom stereocenters. The normalized spacial score (nSPS) is 11.3. The molecule has 3 rings (SSSR count). The molecule has 0 aromatic heterocycles. The van der Waals surface area contributed by atoms with Gasteiger partial charge in [0.15, 0.2) is 0 Å². The Balaban J connectivity index is 1.94. The van der Waals surface area contributed by atoms with E-state index in [0.29, 0.717) is 10.7 Å². The maximum Gasteiger partial charge on any atom is 0.270 e. The van der Waals surface area contributed by atoms with E-state index >= 15 is 0 Å². The second kappa shape index (κ2) is 9.03. The zero-order valence-electron chi connectivity index (χ0n) is 16.0. The highest BCUT2D eigenvalue weighted by Crippen LogP contribution is 2.27. The Morgan fingerprint density at radius 2 is 1.38 bits per heavy atom. The van der Waals surface area contributed by atoms with Gasteiger partial charge in [-0.05, 0) is 62.4 Å². The highest BCUT2D eigenvalue weighted by atomic mass is 35.5. The number of thioether (sulfide) groups is 1. The molecule has 7 heteroatoms. The maximum atomic E-state index is 13.3. The number of sulfonamides is 1. The molecule has 0 aliphatic heterocycles. The van der Waals surface area contributed by atoms with Crippen LogP contribution in [0, 0.1) is 13.8 Å². The molecule has 1 amide bonds. The molecule has 0 bridgehead atoms. The minimum Gasteiger partial charge on any atom is -0.272 e. The second-order valence-corrected chi connectivity index (χ2v) is 9.83. The number of amides is 1. The number of anilines is 1. The average molecular weight is 446 g/mol. The Kier molecular flexibility index (Phi) is 6.67. The second-order valence-electron chi connectivity index (χ2n) is 6.55. The minimum absolute atomic E-state index is 0.0272. The van der Waals surface area contributed by atoms with Gasteiger partial charge < -0.3 is 0 Å². The fourth-order valence-electron chi connectivity index (χ4n) is 2.65. The van der Waals surface area contributed by atoms with E-state index in [0.717, 1.165) is 20.3 Å². The fourth-order valence-corrected chi connectivity index (χ4v) is 5.03. The van der Waals surface area contributed by atoms with Crippen LogP contribution >= 0.6 is 23.4 Å². The van der Waals surface area contributed by atoms with Crippen molar-refractivity contribution < 1.29 is 13.2 Å². The van der Waals surface area contributed by atoms with Crippen LogP contribution in [0.5, 0.6) is 0 Å². The van der Waals surface area contributed by atoms with Gasteiger partial charge in [0.2, 0.25) is 0 Å². The van der Waals surface area contributed by atoms with Crippen molar-refractivity contribution in [3.8, 4) is 0 Å². The van der Waals surface area contributed by atoms with Gasteiger partial charge in [-0.1, -0.05) is 47.0 Å². The Morgan fingerprint density at radius 3 is 1.93 bits per heavy atom. The quantitative estimate of drug-likeness (QED) is 0.472. The predicted molar refractivity (Wildman–Crippen MR) is 119 cm³/mol. The van der Waals surface area contributed by atoms with Gasteiger partial charge in [0.25, 0.3) is 15.9 Å². The maximum absolute atomic E-state index is 13.3. The molecule has 0 aliphatic carbocycles. The Bertz CT molecular complexity index is 1090. The van der Waals surface area contributed by atoms with Crippen molar-refractivity contribution in [3.05, 3.63) is 88.9 Å². The number of halogens is 1. The van der Waals surface area contributed by atoms with Crippen LogP contribution in [-0.4, -0.2) is 20.1 Å². The van der Waals surface area contributed by atoms with Gasteiger partial charge in [0, 0.05) is 9.92 Å². The summed E-state index contributed by atoms with van der Waals surface area (Å²) in [5.74, 6) is -0.546. The van der Waals surface area contributed by atoms with Gasteiger partial charge >= 0.3 is 0 Å². The van der Waals surface area contributed by atoms with E-state index in [-0.39, 0.29) is 10.6 Å². The van der Waals surface area contributed by atoms with E-state index in [4.69, 9.17) is 11.6 Å². The van der Waals surface area contributed by atoms with Crippen LogP contribution in [-0.2, 0) is 14.8 Å². The summed E-state index contributed by atoms with van der Waals surface area (Å²) in [5.41, 5.74) is 2.23. The molecule has 29 heavy (non-hydrogen) atoms. The van der Waals surface area contributed by atoms with Gasteiger partial charge in [-0.2, -0.15) is 0 Å². The summed E-state index contributed by atoms with van der Waals surface area (Å²) in [6.45, 7) is 3.78. The molecule has 0 heterocycles. The number of aryl methyl sites for hydroxylation is 2. The van der Waals surface area contributed by atoms with Crippen molar-refractivity contribution in [1.29, 1.82) is 0 Å². The molecular formula is C22H20ClNO3S2. The molecule has 4 nitrogen and oxygen atoms in total. The number of rotatable bonds is 6. The van der Waals surface area contributed by atoms with Gasteiger partial charge in [-0.3, -0.25) is 4.79 Å². The van der Waals surface area contributed by atoms with Crippen LogP contribution in [0.2, 0.25) is 5.02 Å². The molecule has 0 saturated carbocycles. The average Bonchev–Trinajstić information content (AvgIpc) is 2.69. The van der Waals surface area contributed by atoms with Gasteiger partial charge in [0.1, 0.15) is 0 Å². The van der Waals surface area contributed by atoms with Crippen molar-refractivity contribution >= 4 is 45.0 Å². The highest BCUT2D eigenvalue weighted by molar-refractivity contribution is 8.00. The number of carbonyl (C=O) groups excluding carboxylic acids is 1. The number of nitrogens with zero attached hydrogens (tertiary/aromatic N) is 1. The summed E-state index contributed by atoms with van der Waals surface area (Å²) in [6.07, 6.45) is 0. The minimum atomic E-state index is -4.04. The van der Waals surface area contributed by atoms with Crippen LogP contribution < -0.4 is 4.31 Å². The molecule has 0 N–H and O–H groups in total. The standard InChI is InChI=1S/C22H20ClNO3S2/c1-16-3-9-19(10-4-16)24(29(26,27)21-13-5-17(2)6-14-21)22(25)15-28-20-11-7-18(23)8-12-20/h3-14H,15H2,1-2H3. The topological polar surface area (TPSA) is 54.5 Å². The van der Waals surface area contributed by atoms with Crippen LogP contribution in [0.4, 0.5) is 5.69 Å². The largest absolute Gasteiger partial charge is 0.272 e. The third kappa shape index (κ3) is 5.21. The monoisotopic (exact) mass is 445 g/mol. The molecule has 150 valence electrons. The number of benzene rings is 3. The predicted octanol–water partition coefficient (Wildman–Crippen LogP) is 5.47. The summed E-state index contributed by atoms with van der Waals surface area (Å²) in [4.78, 5) is 14.0. The molecule has 3 aromatic carbocycles.